The molecule has 3 aromatic heterocycles. The second kappa shape index (κ2) is 11.4. The van der Waals surface area contributed by atoms with Crippen LogP contribution in [0.5, 0.6) is 0 Å². The lowest BCUT2D eigenvalue weighted by molar-refractivity contribution is 0.955. The van der Waals surface area contributed by atoms with Crippen molar-refractivity contribution in [1.82, 2.24) is 24.1 Å². The summed E-state index contributed by atoms with van der Waals surface area (Å²) in [4.78, 5) is 14.8. The molecule has 0 atom stereocenters. The van der Waals surface area contributed by atoms with E-state index in [-0.39, 0.29) is 29.4 Å². The van der Waals surface area contributed by atoms with Crippen molar-refractivity contribution in [3.05, 3.63) is 176 Å². The van der Waals surface area contributed by atoms with Crippen LogP contribution >= 0.6 is 0 Å². The summed E-state index contributed by atoms with van der Waals surface area (Å²) in [5.74, 6) is 0.560. The van der Waals surface area contributed by atoms with Gasteiger partial charge in [-0.15, -0.1) is 0 Å². The molecule has 10 rings (SSSR count). The molecule has 5 heteroatoms. The first kappa shape index (κ1) is 23.5. The number of hydrogen-bond acceptors (Lipinski definition) is 3. The lowest BCUT2D eigenvalue weighted by atomic mass is 10.1. The molecule has 0 aliphatic rings. The predicted molar refractivity (Wildman–Crippen MR) is 205 cm³/mol. The lowest BCUT2D eigenvalue weighted by Crippen LogP contribution is -2.06. The molecule has 0 N–H and O–H groups in total. The van der Waals surface area contributed by atoms with Crippen molar-refractivity contribution in [2.75, 3.05) is 0 Å². The quantitative estimate of drug-likeness (QED) is 0.187. The van der Waals surface area contributed by atoms with Crippen LogP contribution in [0.2, 0.25) is 0 Å². The van der Waals surface area contributed by atoms with E-state index < -0.39 is 18.1 Å². The number of benzene rings is 7. The van der Waals surface area contributed by atoms with E-state index >= 15 is 0 Å². The van der Waals surface area contributed by atoms with Crippen LogP contribution in [0.15, 0.2) is 176 Å². The Hall–Kier alpha value is -6.85. The monoisotopic (exact) mass is 644 g/mol. The molecule has 0 fully saturated rings. The second-order valence-electron chi connectivity index (χ2n) is 12.1. The van der Waals surface area contributed by atoms with E-state index in [0.717, 1.165) is 60.4 Å². The van der Waals surface area contributed by atoms with Crippen molar-refractivity contribution in [3.8, 4) is 45.5 Å². The summed E-state index contributed by atoms with van der Waals surface area (Å²) < 4.78 is 47.0. The van der Waals surface area contributed by atoms with Crippen molar-refractivity contribution in [1.29, 1.82) is 0 Å². The molecular formula is C45H29N5. The van der Waals surface area contributed by atoms with E-state index in [0.29, 0.717) is 11.4 Å². The summed E-state index contributed by atoms with van der Waals surface area (Å²) >= 11 is 0. The predicted octanol–water partition coefficient (Wildman–Crippen LogP) is 11.1. The fraction of sp³-hybridized carbons (Fsp3) is 0. The van der Waals surface area contributed by atoms with E-state index in [9.17, 15) is 0 Å². The third-order valence-electron chi connectivity index (χ3n) is 9.28. The Balaban J connectivity index is 1.31. The van der Waals surface area contributed by atoms with Gasteiger partial charge in [-0.25, -0.2) is 4.98 Å². The van der Waals surface area contributed by atoms with Gasteiger partial charge in [0, 0.05) is 38.4 Å². The Bertz CT molecular complexity index is 3110. The average Bonchev–Trinajstić information content (AvgIpc) is 3.76. The topological polar surface area (TPSA) is 48.5 Å². The summed E-state index contributed by atoms with van der Waals surface area (Å²) in [6.45, 7) is 0. The highest BCUT2D eigenvalue weighted by molar-refractivity contribution is 6.26. The van der Waals surface area contributed by atoms with Gasteiger partial charge in [0.05, 0.1) is 28.9 Å². The smallest absolute Gasteiger partial charge is 0.238 e. The van der Waals surface area contributed by atoms with Crippen LogP contribution in [0.1, 0.15) is 6.85 Å². The second-order valence-corrected chi connectivity index (χ2v) is 12.1. The Morgan fingerprint density at radius 2 is 0.980 bits per heavy atom. The molecule has 3 heterocycles. The first-order chi connectivity index (χ1) is 26.9. The molecule has 0 saturated heterocycles. The van der Waals surface area contributed by atoms with Gasteiger partial charge in [0.2, 0.25) is 5.95 Å². The minimum Gasteiger partial charge on any atom is -0.309 e. The summed E-state index contributed by atoms with van der Waals surface area (Å²) in [6.07, 6.45) is 0. The summed E-state index contributed by atoms with van der Waals surface area (Å²) in [7, 11) is 0. The Kier molecular flexibility index (Phi) is 5.35. The number of para-hydroxylation sites is 2. The van der Waals surface area contributed by atoms with E-state index in [1.54, 1.807) is 0 Å². The Morgan fingerprint density at radius 1 is 0.400 bits per heavy atom. The number of nitrogens with zero attached hydrogens (tertiary/aromatic N) is 5. The van der Waals surface area contributed by atoms with Crippen molar-refractivity contribution < 1.29 is 6.85 Å². The molecule has 5 nitrogen and oxygen atoms in total. The largest absolute Gasteiger partial charge is 0.309 e. The third-order valence-corrected chi connectivity index (χ3v) is 9.28. The fourth-order valence-corrected chi connectivity index (χ4v) is 7.08. The van der Waals surface area contributed by atoms with Gasteiger partial charge >= 0.3 is 0 Å². The molecule has 0 saturated carbocycles. The number of hydrogen-bond donors (Lipinski definition) is 0. The van der Waals surface area contributed by atoms with Gasteiger partial charge in [0.15, 0.2) is 11.6 Å². The summed E-state index contributed by atoms with van der Waals surface area (Å²) in [5.41, 5.74) is 7.67. The molecule has 50 heavy (non-hydrogen) atoms. The van der Waals surface area contributed by atoms with E-state index in [1.165, 1.54) is 0 Å². The molecular weight excluding hydrogens is 611 g/mol. The van der Waals surface area contributed by atoms with E-state index in [4.69, 9.17) is 21.8 Å². The third kappa shape index (κ3) is 4.45. The van der Waals surface area contributed by atoms with Crippen LogP contribution in [0, 0.1) is 0 Å². The minimum atomic E-state index is -0.479. The first-order valence-corrected chi connectivity index (χ1v) is 16.4. The number of aromatic nitrogens is 5. The Labute approximate surface area is 295 Å². The fourth-order valence-electron chi connectivity index (χ4n) is 7.08. The maximum absolute atomic E-state index is 8.82. The molecule has 0 unspecified atom stereocenters. The highest BCUT2D eigenvalue weighted by Crippen LogP contribution is 2.42. The summed E-state index contributed by atoms with van der Waals surface area (Å²) in [6, 6.07) is 47.0. The average molecular weight is 645 g/mol. The minimum absolute atomic E-state index is 0.0140. The normalized spacial score (nSPS) is 13.0. The molecule has 0 amide bonds. The van der Waals surface area contributed by atoms with Crippen LogP contribution in [-0.2, 0) is 0 Å². The molecule has 0 radical (unpaired) electrons. The van der Waals surface area contributed by atoms with E-state index in [1.807, 2.05) is 83.4 Å². The van der Waals surface area contributed by atoms with Gasteiger partial charge < -0.3 is 4.57 Å². The molecule has 0 bridgehead atoms. The van der Waals surface area contributed by atoms with Crippen LogP contribution in [0.4, 0.5) is 0 Å². The standard InChI is InChI=1S/C45H29N5/c1-4-14-30(15-5-1)31-24-26-34(27-25-31)49-39-23-13-11-21-37(39)41-40(49)29-28-36-35-20-10-12-22-38(35)50(42(36)41)45-47-43(32-16-6-2-7-17-32)46-44(48-45)33-18-8-3-9-19-33/h1-29H/i2D,6D,7D,16D,17D. The number of rotatable bonds is 5. The maximum Gasteiger partial charge on any atom is 0.238 e. The molecule has 0 aliphatic heterocycles. The Morgan fingerprint density at radius 3 is 1.70 bits per heavy atom. The van der Waals surface area contributed by atoms with Crippen molar-refractivity contribution >= 4 is 43.6 Å². The van der Waals surface area contributed by atoms with Gasteiger partial charge in [-0.05, 0) is 41.5 Å². The highest BCUT2D eigenvalue weighted by atomic mass is 15.2. The molecule has 0 aliphatic carbocycles. The van der Waals surface area contributed by atoms with Gasteiger partial charge in [0.25, 0.3) is 0 Å². The molecule has 234 valence electrons. The van der Waals surface area contributed by atoms with Crippen LogP contribution in [0.3, 0.4) is 0 Å². The summed E-state index contributed by atoms with van der Waals surface area (Å²) in [5, 5.41) is 4.04. The molecule has 0 spiro atoms. The SMILES string of the molecule is [2H]c1c([2H])c([2H])c(-c2nc(-c3ccccc3)nc(-n3c4ccccc4c4ccc5c(c6ccccc6n5-c5ccc(-c6ccccc6)cc5)c43)n2)c([2H])c1[2H]. The zero-order valence-corrected chi connectivity index (χ0v) is 26.6. The first-order valence-electron chi connectivity index (χ1n) is 18.9. The van der Waals surface area contributed by atoms with Gasteiger partial charge in [0.1, 0.15) is 0 Å². The van der Waals surface area contributed by atoms with E-state index in [2.05, 4.69) is 71.3 Å². The van der Waals surface area contributed by atoms with Gasteiger partial charge in [-0.2, -0.15) is 9.97 Å². The lowest BCUT2D eigenvalue weighted by Gasteiger charge is -2.12. The van der Waals surface area contributed by atoms with Crippen molar-refractivity contribution in [2.45, 2.75) is 0 Å². The zero-order chi connectivity index (χ0) is 37.4. The van der Waals surface area contributed by atoms with Crippen LogP contribution < -0.4 is 0 Å². The maximum atomic E-state index is 8.82. The van der Waals surface area contributed by atoms with Crippen molar-refractivity contribution in [2.24, 2.45) is 0 Å². The molecule has 7 aromatic carbocycles. The van der Waals surface area contributed by atoms with Crippen LogP contribution in [-0.4, -0.2) is 24.1 Å². The molecule has 10 aromatic rings. The van der Waals surface area contributed by atoms with Gasteiger partial charge in [-0.3, -0.25) is 4.57 Å². The number of fused-ring (bicyclic) bond motifs is 7. The van der Waals surface area contributed by atoms with Gasteiger partial charge in [-0.1, -0.05) is 145 Å². The zero-order valence-electron chi connectivity index (χ0n) is 31.6. The van der Waals surface area contributed by atoms with Crippen LogP contribution in [0.25, 0.3) is 89.2 Å². The van der Waals surface area contributed by atoms with Crippen molar-refractivity contribution in [3.63, 3.8) is 0 Å². The highest BCUT2D eigenvalue weighted by Gasteiger charge is 2.23.